The Bertz CT molecular complexity index is 801. The van der Waals surface area contributed by atoms with E-state index >= 15 is 0 Å². The molecule has 2 heterocycles. The Labute approximate surface area is 103 Å². The predicted molar refractivity (Wildman–Crippen MR) is 68.0 cm³/mol. The van der Waals surface area contributed by atoms with Crippen LogP contribution in [0.4, 0.5) is 0 Å². The van der Waals surface area contributed by atoms with E-state index in [2.05, 4.69) is 21.3 Å². The van der Waals surface area contributed by atoms with Crippen molar-refractivity contribution in [3.63, 3.8) is 0 Å². The van der Waals surface area contributed by atoms with Gasteiger partial charge in [-0.2, -0.15) is 10.4 Å². The highest BCUT2D eigenvalue weighted by Crippen LogP contribution is 2.36. The van der Waals surface area contributed by atoms with E-state index in [9.17, 15) is 0 Å². The summed E-state index contributed by atoms with van der Waals surface area (Å²) in [6.07, 6.45) is 4.00. The van der Waals surface area contributed by atoms with Gasteiger partial charge in [-0.15, -0.1) is 0 Å². The number of aromatic nitrogens is 3. The van der Waals surface area contributed by atoms with E-state index in [0.29, 0.717) is 5.56 Å². The lowest BCUT2D eigenvalue weighted by atomic mass is 9.94. The fraction of sp³-hybridized carbons (Fsp3) is 0.143. The summed E-state index contributed by atoms with van der Waals surface area (Å²) < 4.78 is 0. The van der Waals surface area contributed by atoms with Crippen molar-refractivity contribution in [1.29, 1.82) is 5.26 Å². The average molecular weight is 234 g/mol. The minimum Gasteiger partial charge on any atom is -0.353 e. The fourth-order valence-electron chi connectivity index (χ4n) is 2.77. The van der Waals surface area contributed by atoms with Gasteiger partial charge >= 0.3 is 0 Å². The molecule has 2 N–H and O–H groups in total. The summed E-state index contributed by atoms with van der Waals surface area (Å²) in [6.45, 7) is 0. The van der Waals surface area contributed by atoms with Crippen LogP contribution in [0.5, 0.6) is 0 Å². The van der Waals surface area contributed by atoms with Crippen molar-refractivity contribution < 1.29 is 0 Å². The summed E-state index contributed by atoms with van der Waals surface area (Å²) in [5.74, 6) is 0. The van der Waals surface area contributed by atoms with Crippen LogP contribution in [0, 0.1) is 11.3 Å². The van der Waals surface area contributed by atoms with E-state index in [1.54, 1.807) is 0 Å². The van der Waals surface area contributed by atoms with Gasteiger partial charge in [-0.1, -0.05) is 6.07 Å². The molecule has 3 aromatic rings. The van der Waals surface area contributed by atoms with Gasteiger partial charge in [0, 0.05) is 17.1 Å². The van der Waals surface area contributed by atoms with E-state index in [0.717, 1.165) is 29.7 Å². The summed E-state index contributed by atoms with van der Waals surface area (Å²) in [6, 6.07) is 7.97. The number of rotatable bonds is 0. The Morgan fingerprint density at radius 2 is 2.22 bits per heavy atom. The number of nitrogens with zero attached hydrogens (tertiary/aromatic N) is 2. The molecule has 0 unspecified atom stereocenters. The molecule has 0 radical (unpaired) electrons. The van der Waals surface area contributed by atoms with Crippen LogP contribution in [0.1, 0.15) is 16.7 Å². The van der Waals surface area contributed by atoms with Crippen molar-refractivity contribution in [2.45, 2.75) is 12.8 Å². The maximum Gasteiger partial charge on any atom is 0.112 e. The summed E-state index contributed by atoms with van der Waals surface area (Å²) in [5, 5.41) is 17.4. The van der Waals surface area contributed by atoms with E-state index < -0.39 is 0 Å². The molecule has 2 aromatic heterocycles. The highest BCUT2D eigenvalue weighted by atomic mass is 15.1. The first kappa shape index (κ1) is 9.49. The smallest absolute Gasteiger partial charge is 0.112 e. The van der Waals surface area contributed by atoms with Crippen LogP contribution >= 0.6 is 0 Å². The zero-order valence-corrected chi connectivity index (χ0v) is 9.62. The molecule has 1 aliphatic carbocycles. The van der Waals surface area contributed by atoms with Gasteiger partial charge in [0.25, 0.3) is 0 Å². The Hall–Kier alpha value is -2.54. The average Bonchev–Trinajstić information content (AvgIpc) is 3.00. The van der Waals surface area contributed by atoms with Crippen molar-refractivity contribution in [3.8, 4) is 17.5 Å². The summed E-state index contributed by atoms with van der Waals surface area (Å²) >= 11 is 0. The van der Waals surface area contributed by atoms with Crippen molar-refractivity contribution in [1.82, 2.24) is 15.2 Å². The van der Waals surface area contributed by atoms with E-state index in [4.69, 9.17) is 5.26 Å². The van der Waals surface area contributed by atoms with Crippen LogP contribution in [-0.4, -0.2) is 15.2 Å². The highest BCUT2D eigenvalue weighted by molar-refractivity contribution is 5.92. The maximum absolute atomic E-state index is 8.94. The van der Waals surface area contributed by atoms with Gasteiger partial charge in [-0.25, -0.2) is 0 Å². The van der Waals surface area contributed by atoms with Gasteiger partial charge in [-0.05, 0) is 36.1 Å². The molecule has 86 valence electrons. The Kier molecular flexibility index (Phi) is 1.70. The molecular formula is C14H10N4. The fourth-order valence-corrected chi connectivity index (χ4v) is 2.77. The molecule has 0 saturated carbocycles. The topological polar surface area (TPSA) is 68.3 Å². The molecule has 1 aliphatic rings. The number of benzene rings is 1. The van der Waals surface area contributed by atoms with E-state index in [-0.39, 0.29) is 0 Å². The highest BCUT2D eigenvalue weighted by Gasteiger charge is 2.22. The number of H-pyrrole nitrogens is 2. The van der Waals surface area contributed by atoms with E-state index in [1.807, 2.05) is 24.4 Å². The van der Waals surface area contributed by atoms with Gasteiger partial charge in [0.15, 0.2) is 0 Å². The molecule has 0 fully saturated rings. The molecule has 0 aliphatic heterocycles. The first-order chi connectivity index (χ1) is 8.86. The number of hydrogen-bond acceptors (Lipinski definition) is 2. The van der Waals surface area contributed by atoms with Gasteiger partial charge in [0.1, 0.15) is 5.69 Å². The van der Waals surface area contributed by atoms with Gasteiger partial charge < -0.3 is 4.98 Å². The zero-order chi connectivity index (χ0) is 12.1. The molecule has 0 spiro atoms. The summed E-state index contributed by atoms with van der Waals surface area (Å²) in [7, 11) is 0. The summed E-state index contributed by atoms with van der Waals surface area (Å²) in [4.78, 5) is 3.40. The maximum atomic E-state index is 8.94. The van der Waals surface area contributed by atoms with Crippen molar-refractivity contribution in [3.05, 3.63) is 41.1 Å². The molecule has 4 heteroatoms. The van der Waals surface area contributed by atoms with Gasteiger partial charge in [-0.3, -0.25) is 5.10 Å². The van der Waals surface area contributed by atoms with Crippen molar-refractivity contribution in [2.75, 3.05) is 0 Å². The third kappa shape index (κ3) is 1.11. The first-order valence-corrected chi connectivity index (χ1v) is 5.94. The standard InChI is InChI=1S/C14H10N4/c15-6-8-1-3-10-11-4-2-9-7-16-18-13(9)14(11)17-12(10)5-8/h1,3,5,7,17H,2,4H2,(H,16,18). The molecule has 4 nitrogen and oxygen atoms in total. The number of aryl methyl sites for hydroxylation is 2. The zero-order valence-electron chi connectivity index (χ0n) is 9.62. The molecule has 0 amide bonds. The van der Waals surface area contributed by atoms with Crippen LogP contribution in [-0.2, 0) is 12.8 Å². The second-order valence-electron chi connectivity index (χ2n) is 4.61. The van der Waals surface area contributed by atoms with Crippen LogP contribution < -0.4 is 0 Å². The van der Waals surface area contributed by atoms with Crippen LogP contribution in [0.2, 0.25) is 0 Å². The van der Waals surface area contributed by atoms with Gasteiger partial charge in [0.05, 0.1) is 17.3 Å². The van der Waals surface area contributed by atoms with Crippen molar-refractivity contribution >= 4 is 10.9 Å². The molecular weight excluding hydrogens is 224 g/mol. The molecule has 0 atom stereocenters. The van der Waals surface area contributed by atoms with Crippen LogP contribution in [0.25, 0.3) is 22.3 Å². The number of hydrogen-bond donors (Lipinski definition) is 2. The Morgan fingerprint density at radius 1 is 1.28 bits per heavy atom. The third-order valence-electron chi connectivity index (χ3n) is 3.64. The minimum absolute atomic E-state index is 0.684. The molecule has 1 aromatic carbocycles. The Balaban J connectivity index is 2.06. The quantitative estimate of drug-likeness (QED) is 0.627. The van der Waals surface area contributed by atoms with E-state index in [1.165, 1.54) is 16.5 Å². The lowest BCUT2D eigenvalue weighted by Gasteiger charge is -2.10. The van der Waals surface area contributed by atoms with Crippen molar-refractivity contribution in [2.24, 2.45) is 0 Å². The lowest BCUT2D eigenvalue weighted by Crippen LogP contribution is -2.00. The normalized spacial score (nSPS) is 13.1. The third-order valence-corrected chi connectivity index (χ3v) is 3.64. The number of nitrogens with one attached hydrogen (secondary N) is 2. The lowest BCUT2D eigenvalue weighted by molar-refractivity contribution is 0.947. The Morgan fingerprint density at radius 3 is 3.11 bits per heavy atom. The van der Waals surface area contributed by atoms with Gasteiger partial charge in [0.2, 0.25) is 0 Å². The summed E-state index contributed by atoms with van der Waals surface area (Å²) in [5.41, 5.74) is 6.40. The molecule has 0 bridgehead atoms. The monoisotopic (exact) mass is 234 g/mol. The molecule has 4 rings (SSSR count). The predicted octanol–water partition coefficient (Wildman–Crippen LogP) is 2.53. The minimum atomic E-state index is 0.684. The largest absolute Gasteiger partial charge is 0.353 e. The second kappa shape index (κ2) is 3.23. The second-order valence-corrected chi connectivity index (χ2v) is 4.61. The number of fused-ring (bicyclic) bond motifs is 5. The van der Waals surface area contributed by atoms with Crippen LogP contribution in [0.3, 0.4) is 0 Å². The SMILES string of the molecule is N#Cc1ccc2c3c([nH]c2c1)-c1n[nH]cc1CC3. The number of nitriles is 1. The first-order valence-electron chi connectivity index (χ1n) is 5.94. The van der Waals surface area contributed by atoms with Crippen LogP contribution in [0.15, 0.2) is 24.4 Å². The molecule has 0 saturated heterocycles. The number of aromatic amines is 2. The molecule has 18 heavy (non-hydrogen) atoms.